The first-order valence-corrected chi connectivity index (χ1v) is 17.3. The quantitative estimate of drug-likeness (QED) is 0.0802. The van der Waals surface area contributed by atoms with Crippen LogP contribution in [0.3, 0.4) is 0 Å². The lowest BCUT2D eigenvalue weighted by molar-refractivity contribution is -0.301. The molecule has 0 amide bonds. The third kappa shape index (κ3) is 6.01. The Labute approximate surface area is 242 Å². The number of hydrogen-bond acceptors (Lipinski definition) is 3. The Kier molecular flexibility index (Phi) is 9.16. The van der Waals surface area contributed by atoms with Crippen LogP contribution in [0, 0.1) is 0 Å². The van der Waals surface area contributed by atoms with Crippen molar-refractivity contribution in [3.8, 4) is 0 Å². The first-order valence-electron chi connectivity index (χ1n) is 14.4. The summed E-state index contributed by atoms with van der Waals surface area (Å²) in [5, 5.41) is 2.22. The lowest BCUT2D eigenvalue weighted by atomic mass is 9.75. The summed E-state index contributed by atoms with van der Waals surface area (Å²) >= 11 is 0. The van der Waals surface area contributed by atoms with E-state index < -0.39 is 19.6 Å². The fraction of sp³-hybridized carbons (Fsp3) is 0.333. The van der Waals surface area contributed by atoms with Gasteiger partial charge in [-0.3, -0.25) is 0 Å². The van der Waals surface area contributed by atoms with Crippen molar-refractivity contribution in [2.24, 2.45) is 0 Å². The summed E-state index contributed by atoms with van der Waals surface area (Å²) in [4.78, 5) is 0. The second kappa shape index (κ2) is 12.2. The van der Waals surface area contributed by atoms with Crippen LogP contribution in [0.15, 0.2) is 121 Å². The van der Waals surface area contributed by atoms with Crippen LogP contribution in [-0.4, -0.2) is 19.1 Å². The Morgan fingerprint density at radius 3 is 1.32 bits per heavy atom. The van der Waals surface area contributed by atoms with Crippen LogP contribution in [-0.2, 0) is 21.4 Å². The maximum Gasteiger partial charge on any atom is 0.220 e. The lowest BCUT2D eigenvalue weighted by Crippen LogP contribution is -2.64. The molecule has 4 aromatic rings. The predicted octanol–water partition coefficient (Wildman–Crippen LogP) is 9.56. The van der Waals surface area contributed by atoms with E-state index in [-0.39, 0.29) is 5.04 Å². The van der Waals surface area contributed by atoms with Gasteiger partial charge in [-0.25, -0.2) is 0 Å². The minimum absolute atomic E-state index is 0.0187. The summed E-state index contributed by atoms with van der Waals surface area (Å²) in [6.07, 6.45) is 0.725. The van der Waals surface area contributed by atoms with Crippen LogP contribution in [0.25, 0.3) is 0 Å². The van der Waals surface area contributed by atoms with Crippen molar-refractivity contribution in [1.29, 1.82) is 0 Å². The van der Waals surface area contributed by atoms with E-state index in [1.807, 2.05) is 6.07 Å². The van der Waals surface area contributed by atoms with Gasteiger partial charge in [0.2, 0.25) is 8.32 Å². The van der Waals surface area contributed by atoms with Crippen LogP contribution in [0.4, 0.5) is 0 Å². The monoisotopic (exact) mass is 551 g/mol. The summed E-state index contributed by atoms with van der Waals surface area (Å²) in [5.41, 5.74) is 2.99. The molecule has 0 saturated heterocycles. The summed E-state index contributed by atoms with van der Waals surface area (Å²) in [7, 11) is -2.36. The molecular formula is C36H45NO2Si. The molecular weight excluding hydrogens is 506 g/mol. The molecule has 0 aliphatic heterocycles. The summed E-state index contributed by atoms with van der Waals surface area (Å²) < 4.78 is 14.5. The van der Waals surface area contributed by atoms with Crippen molar-refractivity contribution >= 4 is 8.32 Å². The minimum Gasteiger partial charge on any atom is -0.354 e. The second-order valence-corrected chi connectivity index (χ2v) is 17.0. The number of benzene rings is 4. The lowest BCUT2D eigenvalue weighted by Gasteiger charge is -2.55. The van der Waals surface area contributed by atoms with E-state index in [2.05, 4.69) is 168 Å². The van der Waals surface area contributed by atoms with E-state index in [4.69, 9.17) is 9.26 Å². The largest absolute Gasteiger partial charge is 0.354 e. The number of hydroxylamine groups is 2. The van der Waals surface area contributed by atoms with Gasteiger partial charge in [0.15, 0.2) is 0 Å². The van der Waals surface area contributed by atoms with E-state index in [1.54, 1.807) is 0 Å². The maximum atomic E-state index is 7.52. The highest BCUT2D eigenvalue weighted by molar-refractivity contribution is 6.74. The average Bonchev–Trinajstić information content (AvgIpc) is 2.97. The predicted molar refractivity (Wildman–Crippen MR) is 169 cm³/mol. The van der Waals surface area contributed by atoms with Crippen LogP contribution >= 0.6 is 0 Å². The molecule has 4 heteroatoms. The number of rotatable bonds is 11. The Morgan fingerprint density at radius 2 is 0.975 bits per heavy atom. The Morgan fingerprint density at radius 1 is 0.600 bits per heavy atom. The van der Waals surface area contributed by atoms with Crippen molar-refractivity contribution in [3.63, 3.8) is 0 Å². The average molecular weight is 552 g/mol. The number of ether oxygens (including phenoxy) is 1. The standard InChI is InChI=1S/C36H45NO2Si/c1-8-35(5,38-29-30-21-13-9-14-22-30)37(39-40(6,7)34(2,3)4)36(31-23-15-10-16-24-31,32-25-17-11-18-26-32)33-27-19-12-20-28-33/h9-28H,8,29H2,1-7H3. The van der Waals surface area contributed by atoms with Gasteiger partial charge in [0.05, 0.1) is 6.61 Å². The molecule has 40 heavy (non-hydrogen) atoms. The molecule has 4 aromatic carbocycles. The highest BCUT2D eigenvalue weighted by Crippen LogP contribution is 2.50. The molecule has 0 bridgehead atoms. The Hall–Kier alpha value is -3.02. The zero-order chi connectivity index (χ0) is 28.9. The molecule has 0 aliphatic carbocycles. The Balaban J connectivity index is 2.05. The minimum atomic E-state index is -2.36. The summed E-state index contributed by atoms with van der Waals surface area (Å²) in [6.45, 7) is 16.4. The van der Waals surface area contributed by atoms with E-state index in [1.165, 1.54) is 0 Å². The van der Waals surface area contributed by atoms with Gasteiger partial charge < -0.3 is 9.26 Å². The number of nitrogens with zero attached hydrogens (tertiary/aromatic N) is 1. The third-order valence-electron chi connectivity index (χ3n) is 8.48. The molecule has 0 saturated carbocycles. The summed E-state index contributed by atoms with van der Waals surface area (Å²) in [6, 6.07) is 42.7. The molecule has 0 radical (unpaired) electrons. The third-order valence-corrected chi connectivity index (χ3v) is 12.7. The first kappa shape index (κ1) is 29.9. The molecule has 0 aromatic heterocycles. The van der Waals surface area contributed by atoms with Crippen LogP contribution in [0.2, 0.25) is 18.1 Å². The molecule has 1 atom stereocenters. The van der Waals surface area contributed by atoms with Crippen molar-refractivity contribution in [2.75, 3.05) is 0 Å². The normalized spacial score (nSPS) is 14.2. The van der Waals surface area contributed by atoms with Gasteiger partial charge in [-0.1, -0.05) is 149 Å². The smallest absolute Gasteiger partial charge is 0.220 e. The molecule has 1 unspecified atom stereocenters. The summed E-state index contributed by atoms with van der Waals surface area (Å²) in [5.74, 6) is 0. The molecule has 0 N–H and O–H groups in total. The van der Waals surface area contributed by atoms with Crippen molar-refractivity contribution in [1.82, 2.24) is 5.06 Å². The maximum absolute atomic E-state index is 7.52. The van der Waals surface area contributed by atoms with Gasteiger partial charge in [-0.15, -0.1) is 0 Å². The molecule has 0 spiro atoms. The van der Waals surface area contributed by atoms with Gasteiger partial charge >= 0.3 is 0 Å². The van der Waals surface area contributed by atoms with Gasteiger partial charge in [0.1, 0.15) is 11.3 Å². The SMILES string of the molecule is CCC(C)(OCc1ccccc1)N(O[Si](C)(C)C(C)(C)C)C(c1ccccc1)(c1ccccc1)c1ccccc1. The van der Waals surface area contributed by atoms with Gasteiger partial charge in [-0.2, -0.15) is 5.06 Å². The van der Waals surface area contributed by atoms with E-state index in [0.717, 1.165) is 28.7 Å². The van der Waals surface area contributed by atoms with Gasteiger partial charge in [-0.05, 0) is 53.7 Å². The Bertz CT molecular complexity index is 1220. The van der Waals surface area contributed by atoms with E-state index in [0.29, 0.717) is 6.61 Å². The van der Waals surface area contributed by atoms with Gasteiger partial charge in [0, 0.05) is 0 Å². The zero-order valence-corrected chi connectivity index (χ0v) is 26.2. The fourth-order valence-corrected chi connectivity index (χ4v) is 5.95. The van der Waals surface area contributed by atoms with E-state index >= 15 is 0 Å². The molecule has 0 aliphatic rings. The molecule has 0 heterocycles. The molecule has 3 nitrogen and oxygen atoms in total. The van der Waals surface area contributed by atoms with Gasteiger partial charge in [0.25, 0.3) is 0 Å². The van der Waals surface area contributed by atoms with Crippen molar-refractivity contribution in [2.45, 2.75) is 77.0 Å². The highest BCUT2D eigenvalue weighted by atomic mass is 28.4. The van der Waals surface area contributed by atoms with Crippen LogP contribution in [0.5, 0.6) is 0 Å². The molecule has 4 rings (SSSR count). The van der Waals surface area contributed by atoms with Crippen LogP contribution < -0.4 is 0 Å². The first-order chi connectivity index (χ1) is 19.0. The molecule has 210 valence electrons. The molecule has 0 fully saturated rings. The zero-order valence-electron chi connectivity index (χ0n) is 25.2. The topological polar surface area (TPSA) is 21.7 Å². The number of hydrogen-bond donors (Lipinski definition) is 0. The van der Waals surface area contributed by atoms with Crippen molar-refractivity contribution < 1.29 is 9.26 Å². The highest BCUT2D eigenvalue weighted by Gasteiger charge is 2.54. The second-order valence-electron chi connectivity index (χ2n) is 12.3. The van der Waals surface area contributed by atoms with Crippen LogP contribution in [0.1, 0.15) is 63.3 Å². The fourth-order valence-electron chi connectivity index (χ4n) is 4.89. The van der Waals surface area contributed by atoms with Crippen molar-refractivity contribution in [3.05, 3.63) is 144 Å². The van der Waals surface area contributed by atoms with E-state index in [9.17, 15) is 0 Å².